The summed E-state index contributed by atoms with van der Waals surface area (Å²) in [5.41, 5.74) is 1.72. The summed E-state index contributed by atoms with van der Waals surface area (Å²) < 4.78 is 0.970. The average Bonchev–Trinajstić information content (AvgIpc) is 2.29. The number of benzene rings is 1. The van der Waals surface area contributed by atoms with E-state index in [2.05, 4.69) is 28.2 Å². The molecule has 1 N–H and O–H groups in total. The number of hydrogen-bond acceptors (Lipinski definition) is 2. The Labute approximate surface area is 109 Å². The first-order valence-electron chi connectivity index (χ1n) is 5.12. The fourth-order valence-electron chi connectivity index (χ4n) is 1.27. The minimum absolute atomic E-state index is 0.000278. The highest BCUT2D eigenvalue weighted by atomic mass is 79.9. The summed E-state index contributed by atoms with van der Waals surface area (Å²) in [6.07, 6.45) is 2.04. The van der Waals surface area contributed by atoms with E-state index < -0.39 is 0 Å². The second kappa shape index (κ2) is 6.30. The standard InChI is InChI=1S/C12H16BrNOS/c1-8(16-3)7-14-12(15)10-5-4-6-11(13)9(10)2/h4-6,8H,7H2,1-3H3,(H,14,15). The van der Waals surface area contributed by atoms with Crippen LogP contribution in [-0.2, 0) is 0 Å². The maximum Gasteiger partial charge on any atom is 0.251 e. The van der Waals surface area contributed by atoms with Crippen LogP contribution < -0.4 is 5.32 Å². The van der Waals surface area contributed by atoms with Crippen molar-refractivity contribution in [2.75, 3.05) is 12.8 Å². The lowest BCUT2D eigenvalue weighted by Crippen LogP contribution is -2.29. The van der Waals surface area contributed by atoms with E-state index in [1.165, 1.54) is 0 Å². The lowest BCUT2D eigenvalue weighted by Gasteiger charge is -2.11. The summed E-state index contributed by atoms with van der Waals surface area (Å²) in [5.74, 6) is -0.000278. The molecule has 1 aromatic rings. The van der Waals surface area contributed by atoms with E-state index in [1.807, 2.05) is 31.4 Å². The van der Waals surface area contributed by atoms with E-state index in [0.717, 1.165) is 15.6 Å². The Morgan fingerprint density at radius 3 is 2.88 bits per heavy atom. The second-order valence-electron chi connectivity index (χ2n) is 3.67. The van der Waals surface area contributed by atoms with Crippen LogP contribution in [0.1, 0.15) is 22.8 Å². The number of nitrogens with one attached hydrogen (secondary N) is 1. The van der Waals surface area contributed by atoms with Crippen molar-refractivity contribution in [3.8, 4) is 0 Å². The molecule has 0 aliphatic rings. The van der Waals surface area contributed by atoms with Gasteiger partial charge < -0.3 is 5.32 Å². The maximum atomic E-state index is 11.9. The van der Waals surface area contributed by atoms with Gasteiger partial charge in [0.05, 0.1) is 0 Å². The van der Waals surface area contributed by atoms with E-state index in [9.17, 15) is 4.79 Å². The lowest BCUT2D eigenvalue weighted by atomic mass is 10.1. The second-order valence-corrected chi connectivity index (χ2v) is 5.80. The fraction of sp³-hybridized carbons (Fsp3) is 0.417. The SMILES string of the molecule is CSC(C)CNC(=O)c1cccc(Br)c1C. The molecule has 0 saturated carbocycles. The molecule has 1 atom stereocenters. The molecular formula is C12H16BrNOS. The van der Waals surface area contributed by atoms with Gasteiger partial charge in [-0.15, -0.1) is 0 Å². The quantitative estimate of drug-likeness (QED) is 0.925. The molecule has 0 aliphatic heterocycles. The van der Waals surface area contributed by atoms with Crippen LogP contribution in [0.4, 0.5) is 0 Å². The zero-order chi connectivity index (χ0) is 12.1. The number of carbonyl (C=O) groups excluding carboxylic acids is 1. The molecule has 1 amide bonds. The molecule has 4 heteroatoms. The number of hydrogen-bond donors (Lipinski definition) is 1. The molecule has 0 fully saturated rings. The Morgan fingerprint density at radius 2 is 2.25 bits per heavy atom. The van der Waals surface area contributed by atoms with Gasteiger partial charge in [-0.25, -0.2) is 0 Å². The normalized spacial score (nSPS) is 12.2. The lowest BCUT2D eigenvalue weighted by molar-refractivity contribution is 0.0953. The minimum Gasteiger partial charge on any atom is -0.351 e. The van der Waals surface area contributed by atoms with Gasteiger partial charge >= 0.3 is 0 Å². The van der Waals surface area contributed by atoms with Crippen LogP contribution in [0.25, 0.3) is 0 Å². The zero-order valence-electron chi connectivity index (χ0n) is 9.71. The van der Waals surface area contributed by atoms with Gasteiger partial charge in [-0.2, -0.15) is 11.8 Å². The Balaban J connectivity index is 2.70. The summed E-state index contributed by atoms with van der Waals surface area (Å²) in [6, 6.07) is 5.67. The summed E-state index contributed by atoms with van der Waals surface area (Å²) in [7, 11) is 0. The van der Waals surface area contributed by atoms with Gasteiger partial charge in [0.2, 0.25) is 0 Å². The highest BCUT2D eigenvalue weighted by Crippen LogP contribution is 2.19. The summed E-state index contributed by atoms with van der Waals surface area (Å²) in [5, 5.41) is 3.38. The van der Waals surface area contributed by atoms with Crippen molar-refractivity contribution >= 4 is 33.6 Å². The van der Waals surface area contributed by atoms with E-state index in [0.29, 0.717) is 11.8 Å². The molecule has 16 heavy (non-hydrogen) atoms. The van der Waals surface area contributed by atoms with Gasteiger partial charge in [0, 0.05) is 21.8 Å². The third kappa shape index (κ3) is 3.52. The van der Waals surface area contributed by atoms with Crippen molar-refractivity contribution in [3.05, 3.63) is 33.8 Å². The predicted octanol–water partition coefficient (Wildman–Crippen LogP) is 3.24. The molecule has 1 aromatic carbocycles. The molecule has 0 bridgehead atoms. The summed E-state index contributed by atoms with van der Waals surface area (Å²) in [4.78, 5) is 11.9. The number of rotatable bonds is 4. The zero-order valence-corrected chi connectivity index (χ0v) is 12.1. The number of carbonyl (C=O) groups is 1. The third-order valence-corrected chi connectivity index (χ3v) is 4.30. The maximum absolute atomic E-state index is 11.9. The van der Waals surface area contributed by atoms with Gasteiger partial charge in [0.25, 0.3) is 5.91 Å². The topological polar surface area (TPSA) is 29.1 Å². The molecule has 1 unspecified atom stereocenters. The van der Waals surface area contributed by atoms with Crippen LogP contribution in [0.15, 0.2) is 22.7 Å². The van der Waals surface area contributed by atoms with Crippen molar-refractivity contribution < 1.29 is 4.79 Å². The van der Waals surface area contributed by atoms with Crippen LogP contribution >= 0.6 is 27.7 Å². The molecule has 0 radical (unpaired) electrons. The molecule has 88 valence electrons. The van der Waals surface area contributed by atoms with Crippen LogP contribution in [-0.4, -0.2) is 24.0 Å². The predicted molar refractivity (Wildman–Crippen MR) is 74.2 cm³/mol. The minimum atomic E-state index is -0.000278. The fourth-order valence-corrected chi connectivity index (χ4v) is 1.88. The van der Waals surface area contributed by atoms with Crippen LogP contribution in [0.2, 0.25) is 0 Å². The van der Waals surface area contributed by atoms with E-state index >= 15 is 0 Å². The number of halogens is 1. The van der Waals surface area contributed by atoms with Crippen LogP contribution in [0.5, 0.6) is 0 Å². The first-order chi connectivity index (χ1) is 7.56. The van der Waals surface area contributed by atoms with Gasteiger partial charge in [-0.05, 0) is 30.9 Å². The van der Waals surface area contributed by atoms with Crippen molar-refractivity contribution in [3.63, 3.8) is 0 Å². The number of amides is 1. The molecule has 0 saturated heterocycles. The Hall–Kier alpha value is -0.480. The molecule has 0 heterocycles. The van der Waals surface area contributed by atoms with Gasteiger partial charge in [-0.1, -0.05) is 28.9 Å². The van der Waals surface area contributed by atoms with E-state index in [1.54, 1.807) is 11.8 Å². The molecule has 0 aliphatic carbocycles. The summed E-state index contributed by atoms with van der Waals surface area (Å²) >= 11 is 5.17. The van der Waals surface area contributed by atoms with Crippen molar-refractivity contribution in [2.45, 2.75) is 19.1 Å². The summed E-state index contributed by atoms with van der Waals surface area (Å²) in [6.45, 7) is 4.74. The molecule has 0 aromatic heterocycles. The van der Waals surface area contributed by atoms with Gasteiger partial charge in [0.1, 0.15) is 0 Å². The molecule has 1 rings (SSSR count). The van der Waals surface area contributed by atoms with Crippen molar-refractivity contribution in [2.24, 2.45) is 0 Å². The van der Waals surface area contributed by atoms with E-state index in [-0.39, 0.29) is 5.91 Å². The Bertz CT molecular complexity index is 381. The molecule has 2 nitrogen and oxygen atoms in total. The largest absolute Gasteiger partial charge is 0.351 e. The number of thioether (sulfide) groups is 1. The Morgan fingerprint density at radius 1 is 1.56 bits per heavy atom. The van der Waals surface area contributed by atoms with Crippen LogP contribution in [0, 0.1) is 6.92 Å². The highest BCUT2D eigenvalue weighted by Gasteiger charge is 2.11. The van der Waals surface area contributed by atoms with Crippen LogP contribution in [0.3, 0.4) is 0 Å². The van der Waals surface area contributed by atoms with Crippen molar-refractivity contribution in [1.29, 1.82) is 0 Å². The smallest absolute Gasteiger partial charge is 0.251 e. The first-order valence-corrected chi connectivity index (χ1v) is 7.20. The third-order valence-electron chi connectivity index (χ3n) is 2.46. The highest BCUT2D eigenvalue weighted by molar-refractivity contribution is 9.10. The Kier molecular flexibility index (Phi) is 5.35. The molecule has 0 spiro atoms. The molecular weight excluding hydrogens is 286 g/mol. The average molecular weight is 302 g/mol. The van der Waals surface area contributed by atoms with Crippen molar-refractivity contribution in [1.82, 2.24) is 5.32 Å². The van der Waals surface area contributed by atoms with Gasteiger partial charge in [0.15, 0.2) is 0 Å². The van der Waals surface area contributed by atoms with Gasteiger partial charge in [-0.3, -0.25) is 4.79 Å². The first kappa shape index (κ1) is 13.6. The monoisotopic (exact) mass is 301 g/mol. The van der Waals surface area contributed by atoms with E-state index in [4.69, 9.17) is 0 Å².